The number of hydrogen-bond donors (Lipinski definition) is 2. The van der Waals surface area contributed by atoms with E-state index in [0.717, 1.165) is 25.1 Å². The number of likely N-dealkylation sites (N-methyl/N-ethyl adjacent to an activating group) is 1. The highest BCUT2D eigenvalue weighted by atomic mass is 16.1. The molecule has 1 heterocycles. The van der Waals surface area contributed by atoms with E-state index in [2.05, 4.69) is 29.1 Å². The van der Waals surface area contributed by atoms with Crippen molar-refractivity contribution in [2.24, 2.45) is 5.73 Å². The van der Waals surface area contributed by atoms with Crippen LogP contribution in [0, 0.1) is 11.8 Å². The van der Waals surface area contributed by atoms with E-state index in [1.54, 1.807) is 12.1 Å². The van der Waals surface area contributed by atoms with Crippen LogP contribution in [0.3, 0.4) is 0 Å². The van der Waals surface area contributed by atoms with Crippen molar-refractivity contribution in [1.82, 2.24) is 10.2 Å². The zero-order chi connectivity index (χ0) is 13.7. The fourth-order valence-electron chi connectivity index (χ4n) is 2.18. The van der Waals surface area contributed by atoms with Crippen LogP contribution in [0.15, 0.2) is 24.3 Å². The number of nitrogens with two attached hydrogens (primary N) is 1. The molecule has 1 saturated heterocycles. The lowest BCUT2D eigenvalue weighted by Gasteiger charge is -2.12. The number of carbonyl (C=O) groups excluding carboxylic acids is 1. The second kappa shape index (κ2) is 6.37. The third kappa shape index (κ3) is 3.82. The first-order chi connectivity index (χ1) is 9.19. The fraction of sp³-hybridized carbons (Fsp3) is 0.400. The summed E-state index contributed by atoms with van der Waals surface area (Å²) in [5.41, 5.74) is 6.87. The van der Waals surface area contributed by atoms with Crippen LogP contribution in [0.4, 0.5) is 0 Å². The predicted octanol–water partition coefficient (Wildman–Crippen LogP) is 0.431. The van der Waals surface area contributed by atoms with Crippen molar-refractivity contribution in [2.75, 3.05) is 26.7 Å². The Labute approximate surface area is 114 Å². The van der Waals surface area contributed by atoms with Crippen LogP contribution in [-0.4, -0.2) is 43.5 Å². The van der Waals surface area contributed by atoms with E-state index in [4.69, 9.17) is 5.73 Å². The molecule has 4 nitrogen and oxygen atoms in total. The Bertz CT molecular complexity index is 498. The van der Waals surface area contributed by atoms with Gasteiger partial charge in [0.1, 0.15) is 0 Å². The van der Waals surface area contributed by atoms with Crippen LogP contribution in [-0.2, 0) is 0 Å². The average Bonchev–Trinajstić information content (AvgIpc) is 2.82. The molecule has 0 saturated carbocycles. The Kier molecular flexibility index (Phi) is 4.56. The maximum absolute atomic E-state index is 12.0. The Morgan fingerprint density at radius 3 is 2.79 bits per heavy atom. The minimum absolute atomic E-state index is 0.0152. The first kappa shape index (κ1) is 13.6. The summed E-state index contributed by atoms with van der Waals surface area (Å²) >= 11 is 0. The highest BCUT2D eigenvalue weighted by molar-refractivity contribution is 5.94. The monoisotopic (exact) mass is 257 g/mol. The summed E-state index contributed by atoms with van der Waals surface area (Å²) < 4.78 is 0. The molecule has 1 aliphatic heterocycles. The number of rotatable bonds is 2. The molecule has 100 valence electrons. The molecule has 1 aliphatic rings. The summed E-state index contributed by atoms with van der Waals surface area (Å²) in [6.07, 6.45) is 1.02. The van der Waals surface area contributed by atoms with E-state index in [0.29, 0.717) is 12.1 Å². The number of amides is 1. The van der Waals surface area contributed by atoms with Crippen molar-refractivity contribution in [3.8, 4) is 11.8 Å². The first-order valence-corrected chi connectivity index (χ1v) is 6.47. The van der Waals surface area contributed by atoms with E-state index < -0.39 is 0 Å². The summed E-state index contributed by atoms with van der Waals surface area (Å²) in [7, 11) is 2.07. The molecule has 1 fully saturated rings. The molecule has 1 aromatic rings. The molecule has 0 spiro atoms. The minimum Gasteiger partial charge on any atom is -0.348 e. The van der Waals surface area contributed by atoms with Crippen molar-refractivity contribution in [1.29, 1.82) is 0 Å². The molecule has 3 N–H and O–H groups in total. The summed E-state index contributed by atoms with van der Waals surface area (Å²) in [6, 6.07) is 7.55. The third-order valence-corrected chi connectivity index (χ3v) is 3.21. The number of likely N-dealkylation sites (tertiary alicyclic amines) is 1. The van der Waals surface area contributed by atoms with Gasteiger partial charge < -0.3 is 16.0 Å². The van der Waals surface area contributed by atoms with Crippen molar-refractivity contribution < 1.29 is 4.79 Å². The quantitative estimate of drug-likeness (QED) is 0.755. The Balaban J connectivity index is 1.95. The van der Waals surface area contributed by atoms with Gasteiger partial charge in [0.05, 0.1) is 6.54 Å². The number of benzene rings is 1. The number of nitrogens with zero attached hydrogens (tertiary/aromatic N) is 1. The highest BCUT2D eigenvalue weighted by Crippen LogP contribution is 2.08. The number of nitrogens with one attached hydrogen (secondary N) is 1. The smallest absolute Gasteiger partial charge is 0.251 e. The van der Waals surface area contributed by atoms with Gasteiger partial charge in [-0.2, -0.15) is 0 Å². The van der Waals surface area contributed by atoms with Crippen LogP contribution in [0.5, 0.6) is 0 Å². The van der Waals surface area contributed by atoms with E-state index in [1.165, 1.54) is 0 Å². The molecular formula is C15H19N3O. The zero-order valence-corrected chi connectivity index (χ0v) is 11.1. The minimum atomic E-state index is -0.0152. The zero-order valence-electron chi connectivity index (χ0n) is 11.1. The molecule has 0 bridgehead atoms. The van der Waals surface area contributed by atoms with Gasteiger partial charge in [-0.15, -0.1) is 0 Å². The number of carbonyl (C=O) groups is 1. The van der Waals surface area contributed by atoms with Gasteiger partial charge in [-0.3, -0.25) is 4.79 Å². The Morgan fingerprint density at radius 2 is 2.21 bits per heavy atom. The van der Waals surface area contributed by atoms with Crippen LogP contribution in [0.1, 0.15) is 22.3 Å². The van der Waals surface area contributed by atoms with Crippen molar-refractivity contribution in [2.45, 2.75) is 12.5 Å². The topological polar surface area (TPSA) is 58.4 Å². The lowest BCUT2D eigenvalue weighted by molar-refractivity contribution is 0.0938. The lowest BCUT2D eigenvalue weighted by Crippen LogP contribution is -2.36. The first-order valence-electron chi connectivity index (χ1n) is 6.47. The van der Waals surface area contributed by atoms with E-state index in [1.807, 2.05) is 12.1 Å². The summed E-state index contributed by atoms with van der Waals surface area (Å²) in [5.74, 6) is 5.71. The van der Waals surface area contributed by atoms with E-state index in [-0.39, 0.29) is 11.9 Å². The van der Waals surface area contributed by atoms with Crippen molar-refractivity contribution in [3.05, 3.63) is 35.4 Å². The van der Waals surface area contributed by atoms with Crippen molar-refractivity contribution >= 4 is 5.91 Å². The van der Waals surface area contributed by atoms with Crippen LogP contribution in [0.25, 0.3) is 0 Å². The Hall–Kier alpha value is -1.83. The van der Waals surface area contributed by atoms with Gasteiger partial charge in [-0.25, -0.2) is 0 Å². The average molecular weight is 257 g/mol. The third-order valence-electron chi connectivity index (χ3n) is 3.21. The molecule has 1 unspecified atom stereocenters. The Morgan fingerprint density at radius 1 is 1.47 bits per heavy atom. The van der Waals surface area contributed by atoms with Gasteiger partial charge in [0, 0.05) is 23.7 Å². The maximum Gasteiger partial charge on any atom is 0.251 e. The summed E-state index contributed by atoms with van der Waals surface area (Å²) in [4.78, 5) is 14.3. The normalized spacial score (nSPS) is 18.7. The van der Waals surface area contributed by atoms with E-state index in [9.17, 15) is 4.79 Å². The SMILES string of the molecule is CN1CCC(NC(=O)c2ccc(C#CCN)cc2)C1. The molecule has 1 atom stereocenters. The summed E-state index contributed by atoms with van der Waals surface area (Å²) in [6.45, 7) is 2.31. The molecule has 4 heteroatoms. The predicted molar refractivity (Wildman–Crippen MR) is 75.7 cm³/mol. The van der Waals surface area contributed by atoms with Gasteiger partial charge in [-0.05, 0) is 44.3 Å². The number of hydrogen-bond acceptors (Lipinski definition) is 3. The molecular weight excluding hydrogens is 238 g/mol. The second-order valence-corrected chi connectivity index (χ2v) is 4.80. The van der Waals surface area contributed by atoms with Crippen LogP contribution < -0.4 is 11.1 Å². The molecule has 0 aliphatic carbocycles. The molecule has 1 aromatic carbocycles. The molecule has 0 aromatic heterocycles. The lowest BCUT2D eigenvalue weighted by atomic mass is 10.1. The van der Waals surface area contributed by atoms with Crippen LogP contribution in [0.2, 0.25) is 0 Å². The largest absolute Gasteiger partial charge is 0.348 e. The highest BCUT2D eigenvalue weighted by Gasteiger charge is 2.21. The summed E-state index contributed by atoms with van der Waals surface area (Å²) in [5, 5.41) is 3.05. The van der Waals surface area contributed by atoms with E-state index >= 15 is 0 Å². The molecule has 2 rings (SSSR count). The van der Waals surface area contributed by atoms with Gasteiger partial charge in [0.2, 0.25) is 0 Å². The molecule has 19 heavy (non-hydrogen) atoms. The molecule has 1 amide bonds. The fourth-order valence-corrected chi connectivity index (χ4v) is 2.18. The second-order valence-electron chi connectivity index (χ2n) is 4.80. The van der Waals surface area contributed by atoms with Gasteiger partial charge in [0.15, 0.2) is 0 Å². The van der Waals surface area contributed by atoms with Gasteiger partial charge in [-0.1, -0.05) is 11.8 Å². The standard InChI is InChI=1S/C15H19N3O/c1-18-10-8-14(11-18)17-15(19)13-6-4-12(5-7-13)3-2-9-16/h4-7,14H,8-11,16H2,1H3,(H,17,19). The maximum atomic E-state index is 12.0. The van der Waals surface area contributed by atoms with Crippen LogP contribution >= 0.6 is 0 Å². The van der Waals surface area contributed by atoms with Crippen molar-refractivity contribution in [3.63, 3.8) is 0 Å². The van der Waals surface area contributed by atoms with Gasteiger partial charge in [0.25, 0.3) is 5.91 Å². The van der Waals surface area contributed by atoms with Gasteiger partial charge >= 0.3 is 0 Å². The molecule has 0 radical (unpaired) electrons.